The molecule has 0 bridgehead atoms. The Labute approximate surface area is 183 Å². The number of aromatic nitrogens is 3. The molecule has 0 aliphatic carbocycles. The van der Waals surface area contributed by atoms with E-state index in [-0.39, 0.29) is 30.9 Å². The molecule has 0 saturated heterocycles. The topological polar surface area (TPSA) is 101 Å². The first kappa shape index (κ1) is 20.9. The summed E-state index contributed by atoms with van der Waals surface area (Å²) >= 11 is 1.59. The Balaban J connectivity index is 1.55. The van der Waals surface area contributed by atoms with Gasteiger partial charge in [0, 0.05) is 11.6 Å². The number of amides is 1. The summed E-state index contributed by atoms with van der Waals surface area (Å²) in [4.78, 5) is 17.9. The fourth-order valence-electron chi connectivity index (χ4n) is 3.09. The van der Waals surface area contributed by atoms with Crippen LogP contribution in [-0.4, -0.2) is 38.8 Å². The molecule has 7 nitrogen and oxygen atoms in total. The fourth-order valence-corrected chi connectivity index (χ4v) is 4.17. The summed E-state index contributed by atoms with van der Waals surface area (Å²) in [5.41, 5.74) is 3.07. The van der Waals surface area contributed by atoms with E-state index in [4.69, 9.17) is 14.5 Å². The van der Waals surface area contributed by atoms with E-state index in [1.807, 2.05) is 48.5 Å². The first-order chi connectivity index (χ1) is 15.1. The molecule has 158 valence electrons. The number of carbonyl (C=O) groups is 1. The Hall–Kier alpha value is -3.36. The maximum absolute atomic E-state index is 12.0. The van der Waals surface area contributed by atoms with Crippen LogP contribution in [0.25, 0.3) is 21.7 Å². The summed E-state index contributed by atoms with van der Waals surface area (Å²) in [5.74, 6) is 0.371. The van der Waals surface area contributed by atoms with Gasteiger partial charge in [-0.05, 0) is 12.5 Å². The lowest BCUT2D eigenvalue weighted by molar-refractivity contribution is -0.121. The Kier molecular flexibility index (Phi) is 6.49. The van der Waals surface area contributed by atoms with Crippen molar-refractivity contribution < 1.29 is 14.3 Å². The van der Waals surface area contributed by atoms with Gasteiger partial charge in [0.2, 0.25) is 17.7 Å². The van der Waals surface area contributed by atoms with Crippen LogP contribution >= 0.6 is 11.3 Å². The van der Waals surface area contributed by atoms with E-state index >= 15 is 0 Å². The molecule has 2 N–H and O–H groups in total. The molecule has 0 saturated carbocycles. The molecule has 0 fully saturated rings. The van der Waals surface area contributed by atoms with Crippen molar-refractivity contribution in [3.63, 3.8) is 0 Å². The molecule has 4 rings (SSSR count). The number of benzene rings is 2. The maximum Gasteiger partial charge on any atom is 0.229 e. The molecule has 8 heteroatoms. The van der Waals surface area contributed by atoms with E-state index in [1.165, 1.54) is 0 Å². The molecule has 0 aliphatic heterocycles. The number of aliphatic hydroxyl groups excluding tert-OH is 1. The molecule has 2 aromatic heterocycles. The number of nitrogens with one attached hydrogen (secondary N) is 1. The second-order valence-electron chi connectivity index (χ2n) is 7.11. The molecular weight excluding hydrogens is 412 g/mol. The third-order valence-electron chi connectivity index (χ3n) is 4.56. The molecular formula is C23H22N4O3S. The Morgan fingerprint density at radius 2 is 1.68 bits per heavy atom. The van der Waals surface area contributed by atoms with Crippen LogP contribution in [0.5, 0.6) is 0 Å². The van der Waals surface area contributed by atoms with Gasteiger partial charge in [0.05, 0.1) is 23.6 Å². The van der Waals surface area contributed by atoms with Gasteiger partial charge in [-0.3, -0.25) is 4.79 Å². The zero-order valence-corrected chi connectivity index (χ0v) is 17.8. The number of thiazole rings is 1. The number of hydrogen-bond acceptors (Lipinski definition) is 7. The normalized spacial score (nSPS) is 11.9. The maximum atomic E-state index is 12.0. The van der Waals surface area contributed by atoms with E-state index in [1.54, 1.807) is 18.3 Å². The summed E-state index contributed by atoms with van der Waals surface area (Å²) < 4.78 is 5.66. The highest BCUT2D eigenvalue weighted by molar-refractivity contribution is 7.15. The largest absolute Gasteiger partial charge is 0.424 e. The van der Waals surface area contributed by atoms with Crippen LogP contribution in [-0.2, 0) is 17.6 Å². The average Bonchev–Trinajstić information content (AvgIpc) is 3.42. The minimum atomic E-state index is -0.321. The van der Waals surface area contributed by atoms with Crippen LogP contribution in [0.15, 0.2) is 65.1 Å². The summed E-state index contributed by atoms with van der Waals surface area (Å²) in [7, 11) is 0. The Morgan fingerprint density at radius 3 is 2.35 bits per heavy atom. The molecule has 0 aliphatic rings. The van der Waals surface area contributed by atoms with Crippen molar-refractivity contribution in [1.29, 1.82) is 0 Å². The lowest BCUT2D eigenvalue weighted by atomic mass is 10.1. The predicted molar refractivity (Wildman–Crippen MR) is 118 cm³/mol. The number of nitrogens with zero attached hydrogens (tertiary/aromatic N) is 3. The highest BCUT2D eigenvalue weighted by Gasteiger charge is 2.18. The van der Waals surface area contributed by atoms with Crippen LogP contribution in [0.2, 0.25) is 0 Å². The quantitative estimate of drug-likeness (QED) is 0.440. The molecule has 1 amide bonds. The lowest BCUT2D eigenvalue weighted by Crippen LogP contribution is -2.36. The van der Waals surface area contributed by atoms with Gasteiger partial charge in [0.1, 0.15) is 11.4 Å². The first-order valence-corrected chi connectivity index (χ1v) is 10.8. The Morgan fingerprint density at radius 1 is 1.03 bits per heavy atom. The van der Waals surface area contributed by atoms with E-state index < -0.39 is 0 Å². The molecule has 1 atom stereocenters. The van der Waals surface area contributed by atoms with E-state index in [0.717, 1.165) is 26.7 Å². The molecule has 2 heterocycles. The number of rotatable bonds is 8. The van der Waals surface area contributed by atoms with Crippen LogP contribution in [0.1, 0.15) is 23.7 Å². The summed E-state index contributed by atoms with van der Waals surface area (Å²) in [5, 5.41) is 20.6. The minimum Gasteiger partial charge on any atom is -0.424 e. The molecule has 2 aromatic carbocycles. The van der Waals surface area contributed by atoms with Crippen molar-refractivity contribution in [2.45, 2.75) is 25.8 Å². The van der Waals surface area contributed by atoms with Gasteiger partial charge >= 0.3 is 0 Å². The number of carbonyl (C=O) groups excluding carboxylic acids is 1. The summed E-state index contributed by atoms with van der Waals surface area (Å²) in [6.07, 6.45) is 0.360. The van der Waals surface area contributed by atoms with Crippen LogP contribution in [0.3, 0.4) is 0 Å². The molecule has 0 radical (unpaired) electrons. The van der Waals surface area contributed by atoms with Crippen molar-refractivity contribution in [2.75, 3.05) is 6.61 Å². The smallest absolute Gasteiger partial charge is 0.229 e. The van der Waals surface area contributed by atoms with Crippen molar-refractivity contribution in [3.05, 3.63) is 77.5 Å². The zero-order chi connectivity index (χ0) is 21.6. The third-order valence-corrected chi connectivity index (χ3v) is 5.66. The SMILES string of the molecule is CC(CO)NC(=O)Cc1nnc(Cc2nc(-c3ccccc3)c(-c3ccccc3)s2)o1. The second kappa shape index (κ2) is 9.63. The van der Waals surface area contributed by atoms with Gasteiger partial charge in [-0.2, -0.15) is 0 Å². The second-order valence-corrected chi connectivity index (χ2v) is 8.20. The number of aliphatic hydroxyl groups is 1. The Bertz CT molecular complexity index is 1090. The summed E-state index contributed by atoms with van der Waals surface area (Å²) in [6.45, 7) is 1.59. The van der Waals surface area contributed by atoms with Gasteiger partial charge in [0.25, 0.3) is 0 Å². The average molecular weight is 435 g/mol. The lowest BCUT2D eigenvalue weighted by Gasteiger charge is -2.08. The van der Waals surface area contributed by atoms with Crippen LogP contribution in [0, 0.1) is 0 Å². The van der Waals surface area contributed by atoms with Crippen LogP contribution < -0.4 is 5.32 Å². The highest BCUT2D eigenvalue weighted by atomic mass is 32.1. The molecule has 31 heavy (non-hydrogen) atoms. The van der Waals surface area contributed by atoms with E-state index in [0.29, 0.717) is 12.3 Å². The predicted octanol–water partition coefficient (Wildman–Crippen LogP) is 3.49. The molecule has 1 unspecified atom stereocenters. The monoisotopic (exact) mass is 434 g/mol. The van der Waals surface area contributed by atoms with E-state index in [9.17, 15) is 4.79 Å². The zero-order valence-electron chi connectivity index (χ0n) is 17.0. The van der Waals surface area contributed by atoms with Crippen molar-refractivity contribution in [3.8, 4) is 21.7 Å². The standard InChI is InChI=1S/C23H22N4O3S/c1-15(14-28)24-18(29)12-19-26-27-20(30-19)13-21-25-22(16-8-4-2-5-9-16)23(31-21)17-10-6-3-7-11-17/h2-11,15,28H,12-14H2,1H3,(H,24,29). The fraction of sp³-hybridized carbons (Fsp3) is 0.217. The van der Waals surface area contributed by atoms with E-state index in [2.05, 4.69) is 27.6 Å². The third kappa shape index (κ3) is 5.22. The van der Waals surface area contributed by atoms with Crippen molar-refractivity contribution in [1.82, 2.24) is 20.5 Å². The van der Waals surface area contributed by atoms with Crippen molar-refractivity contribution >= 4 is 17.2 Å². The van der Waals surface area contributed by atoms with Gasteiger partial charge in [-0.25, -0.2) is 4.98 Å². The van der Waals surface area contributed by atoms with Gasteiger partial charge in [-0.15, -0.1) is 21.5 Å². The van der Waals surface area contributed by atoms with Crippen molar-refractivity contribution in [2.24, 2.45) is 0 Å². The first-order valence-electron chi connectivity index (χ1n) is 9.94. The van der Waals surface area contributed by atoms with Gasteiger partial charge in [0.15, 0.2) is 0 Å². The van der Waals surface area contributed by atoms with Crippen LogP contribution in [0.4, 0.5) is 0 Å². The molecule has 4 aromatic rings. The molecule has 0 spiro atoms. The number of hydrogen-bond donors (Lipinski definition) is 2. The van der Waals surface area contributed by atoms with Gasteiger partial charge in [-0.1, -0.05) is 60.7 Å². The summed E-state index contributed by atoms with van der Waals surface area (Å²) in [6, 6.07) is 19.9. The van der Waals surface area contributed by atoms with Gasteiger partial charge < -0.3 is 14.8 Å². The highest BCUT2D eigenvalue weighted by Crippen LogP contribution is 2.37. The minimum absolute atomic E-state index is 0.0280.